The van der Waals surface area contributed by atoms with Crippen LogP contribution in [-0.4, -0.2) is 38.7 Å². The van der Waals surface area contributed by atoms with Gasteiger partial charge in [0.15, 0.2) is 0 Å². The highest BCUT2D eigenvalue weighted by Gasteiger charge is 2.33. The molecule has 26 heavy (non-hydrogen) atoms. The summed E-state index contributed by atoms with van der Waals surface area (Å²) in [4.78, 5) is 18.7. The van der Waals surface area contributed by atoms with E-state index < -0.39 is 0 Å². The molecule has 0 spiro atoms. The van der Waals surface area contributed by atoms with Gasteiger partial charge in [-0.1, -0.05) is 13.0 Å². The number of likely N-dealkylation sites (tertiary alicyclic amines) is 1. The summed E-state index contributed by atoms with van der Waals surface area (Å²) < 4.78 is 7.85. The van der Waals surface area contributed by atoms with Crippen molar-refractivity contribution in [3.05, 3.63) is 47.0 Å². The average Bonchev–Trinajstić information content (AvgIpc) is 3.06. The average molecular weight is 354 g/mol. The molecule has 1 amide bonds. The zero-order chi connectivity index (χ0) is 17.9. The molecule has 0 aliphatic carbocycles. The summed E-state index contributed by atoms with van der Waals surface area (Å²) in [7, 11) is 0. The van der Waals surface area contributed by atoms with Crippen LogP contribution in [-0.2, 0) is 29.1 Å². The van der Waals surface area contributed by atoms with Gasteiger partial charge in [0, 0.05) is 43.0 Å². The first-order valence-corrected chi connectivity index (χ1v) is 9.62. The van der Waals surface area contributed by atoms with E-state index in [1.165, 1.54) is 11.3 Å². The zero-order valence-electron chi connectivity index (χ0n) is 15.4. The second kappa shape index (κ2) is 7.58. The molecule has 6 nitrogen and oxygen atoms in total. The molecular weight excluding hydrogens is 328 g/mol. The second-order valence-electron chi connectivity index (χ2n) is 7.08. The van der Waals surface area contributed by atoms with Gasteiger partial charge in [-0.2, -0.15) is 5.10 Å². The lowest BCUT2D eigenvalue weighted by molar-refractivity contribution is -0.134. The van der Waals surface area contributed by atoms with Crippen molar-refractivity contribution >= 4 is 5.91 Å². The minimum absolute atomic E-state index is 0.0850. The van der Waals surface area contributed by atoms with Gasteiger partial charge in [0.25, 0.3) is 0 Å². The largest absolute Gasteiger partial charge is 0.376 e. The first-order chi connectivity index (χ1) is 12.8. The number of fused-ring (bicyclic) bond motifs is 1. The van der Waals surface area contributed by atoms with Gasteiger partial charge in [-0.15, -0.1) is 0 Å². The van der Waals surface area contributed by atoms with Gasteiger partial charge in [0.05, 0.1) is 31.5 Å². The maximum atomic E-state index is 12.5. The molecule has 1 unspecified atom stereocenters. The van der Waals surface area contributed by atoms with Crippen LogP contribution >= 0.6 is 0 Å². The zero-order valence-corrected chi connectivity index (χ0v) is 15.4. The van der Waals surface area contributed by atoms with E-state index in [0.29, 0.717) is 19.6 Å². The fraction of sp³-hybridized carbons (Fsp3) is 0.550. The molecule has 138 valence electrons. The number of hydrogen-bond acceptors (Lipinski definition) is 4. The van der Waals surface area contributed by atoms with Crippen LogP contribution in [0.15, 0.2) is 24.5 Å². The number of carbonyl (C=O) groups is 1. The minimum atomic E-state index is 0.0850. The fourth-order valence-electron chi connectivity index (χ4n) is 4.12. The fourth-order valence-corrected chi connectivity index (χ4v) is 4.12. The SMILES string of the molecule is CCC(=O)N1CCCCC1c1nn(Cc2cccnc2)c2c1COCC2. The highest BCUT2D eigenvalue weighted by Crippen LogP contribution is 2.35. The van der Waals surface area contributed by atoms with Crippen LogP contribution in [0.2, 0.25) is 0 Å². The summed E-state index contributed by atoms with van der Waals surface area (Å²) in [5.41, 5.74) is 4.64. The number of carbonyl (C=O) groups excluding carboxylic acids is 1. The number of piperidine rings is 1. The molecule has 6 heteroatoms. The van der Waals surface area contributed by atoms with Gasteiger partial charge in [0.1, 0.15) is 0 Å². The second-order valence-corrected chi connectivity index (χ2v) is 7.08. The van der Waals surface area contributed by atoms with Gasteiger partial charge in [-0.3, -0.25) is 14.5 Å². The monoisotopic (exact) mass is 354 g/mol. The van der Waals surface area contributed by atoms with E-state index >= 15 is 0 Å². The lowest BCUT2D eigenvalue weighted by Crippen LogP contribution is -2.38. The van der Waals surface area contributed by atoms with Crippen molar-refractivity contribution in [2.75, 3.05) is 13.2 Å². The third kappa shape index (κ3) is 3.26. The Kier molecular flexibility index (Phi) is 5.02. The van der Waals surface area contributed by atoms with Gasteiger partial charge >= 0.3 is 0 Å². The van der Waals surface area contributed by atoms with E-state index in [1.807, 2.05) is 24.1 Å². The Balaban J connectivity index is 1.70. The highest BCUT2D eigenvalue weighted by atomic mass is 16.5. The number of hydrogen-bond donors (Lipinski definition) is 0. The van der Waals surface area contributed by atoms with E-state index in [0.717, 1.165) is 50.1 Å². The summed E-state index contributed by atoms with van der Waals surface area (Å²) >= 11 is 0. The molecule has 0 aromatic carbocycles. The summed E-state index contributed by atoms with van der Waals surface area (Å²) in [6, 6.07) is 4.12. The number of aromatic nitrogens is 3. The molecule has 1 fully saturated rings. The molecular formula is C20H26N4O2. The van der Waals surface area contributed by atoms with Crippen molar-refractivity contribution in [1.29, 1.82) is 0 Å². The number of ether oxygens (including phenoxy) is 1. The molecule has 0 N–H and O–H groups in total. The first-order valence-electron chi connectivity index (χ1n) is 9.62. The van der Waals surface area contributed by atoms with Crippen LogP contribution < -0.4 is 0 Å². The van der Waals surface area contributed by atoms with Crippen molar-refractivity contribution in [3.8, 4) is 0 Å². The molecule has 2 aliphatic rings. The number of nitrogens with zero attached hydrogens (tertiary/aromatic N) is 4. The molecule has 0 saturated carbocycles. The Hall–Kier alpha value is -2.21. The summed E-state index contributed by atoms with van der Waals surface area (Å²) in [5, 5.41) is 4.99. The van der Waals surface area contributed by atoms with Crippen molar-refractivity contribution in [2.45, 2.75) is 58.2 Å². The Morgan fingerprint density at radius 3 is 3.12 bits per heavy atom. The molecule has 1 saturated heterocycles. The van der Waals surface area contributed by atoms with E-state index in [9.17, 15) is 4.79 Å². The summed E-state index contributed by atoms with van der Waals surface area (Å²) in [5.74, 6) is 0.224. The molecule has 0 radical (unpaired) electrons. The quantitative estimate of drug-likeness (QED) is 0.847. The minimum Gasteiger partial charge on any atom is -0.376 e. The predicted molar refractivity (Wildman–Crippen MR) is 97.5 cm³/mol. The Morgan fingerprint density at radius 2 is 2.31 bits per heavy atom. The third-order valence-corrected chi connectivity index (χ3v) is 5.42. The Labute approximate surface area is 154 Å². The van der Waals surface area contributed by atoms with Crippen LogP contribution in [0, 0.1) is 0 Å². The normalized spacial score (nSPS) is 20.0. The topological polar surface area (TPSA) is 60.2 Å². The molecule has 4 heterocycles. The van der Waals surface area contributed by atoms with Crippen LogP contribution in [0.4, 0.5) is 0 Å². The van der Waals surface area contributed by atoms with Crippen LogP contribution in [0.25, 0.3) is 0 Å². The van der Waals surface area contributed by atoms with Gasteiger partial charge < -0.3 is 9.64 Å². The smallest absolute Gasteiger partial charge is 0.222 e. The van der Waals surface area contributed by atoms with Gasteiger partial charge in [-0.05, 0) is 30.9 Å². The van der Waals surface area contributed by atoms with Crippen molar-refractivity contribution in [2.24, 2.45) is 0 Å². The third-order valence-electron chi connectivity index (χ3n) is 5.42. The standard InChI is InChI=1S/C20H26N4O2/c1-2-19(25)23-10-4-3-7-18(23)20-16-14-26-11-8-17(16)24(22-20)13-15-6-5-9-21-12-15/h5-6,9,12,18H,2-4,7-8,10-11,13-14H2,1H3. The van der Waals surface area contributed by atoms with E-state index in [2.05, 4.69) is 15.7 Å². The van der Waals surface area contributed by atoms with E-state index in [4.69, 9.17) is 9.84 Å². The number of pyridine rings is 1. The Morgan fingerprint density at radius 1 is 1.38 bits per heavy atom. The van der Waals surface area contributed by atoms with Gasteiger partial charge in [-0.25, -0.2) is 0 Å². The van der Waals surface area contributed by atoms with E-state index in [1.54, 1.807) is 6.20 Å². The lowest BCUT2D eigenvalue weighted by Gasteiger charge is -2.35. The number of amides is 1. The maximum Gasteiger partial charge on any atom is 0.222 e. The maximum absolute atomic E-state index is 12.5. The predicted octanol–water partition coefficient (Wildman–Crippen LogP) is 2.86. The molecule has 2 aromatic heterocycles. The van der Waals surface area contributed by atoms with Crippen molar-refractivity contribution in [3.63, 3.8) is 0 Å². The molecule has 0 bridgehead atoms. The summed E-state index contributed by atoms with van der Waals surface area (Å²) in [6.07, 6.45) is 8.31. The van der Waals surface area contributed by atoms with Crippen molar-refractivity contribution < 1.29 is 9.53 Å². The first kappa shape index (κ1) is 17.2. The van der Waals surface area contributed by atoms with Crippen molar-refractivity contribution in [1.82, 2.24) is 19.7 Å². The molecule has 2 aromatic rings. The van der Waals surface area contributed by atoms with Gasteiger partial charge in [0.2, 0.25) is 5.91 Å². The van der Waals surface area contributed by atoms with Crippen LogP contribution in [0.3, 0.4) is 0 Å². The lowest BCUT2D eigenvalue weighted by atomic mass is 9.95. The van der Waals surface area contributed by atoms with Crippen LogP contribution in [0.5, 0.6) is 0 Å². The molecule has 2 aliphatic heterocycles. The Bertz CT molecular complexity index is 772. The number of rotatable bonds is 4. The van der Waals surface area contributed by atoms with Crippen LogP contribution in [0.1, 0.15) is 61.2 Å². The summed E-state index contributed by atoms with van der Waals surface area (Å²) in [6.45, 7) is 4.82. The molecule has 4 rings (SSSR count). The molecule has 1 atom stereocenters. The highest BCUT2D eigenvalue weighted by molar-refractivity contribution is 5.76. The van der Waals surface area contributed by atoms with E-state index in [-0.39, 0.29) is 11.9 Å².